The van der Waals surface area contributed by atoms with Gasteiger partial charge in [-0.05, 0) is 63.7 Å². The Morgan fingerprint density at radius 2 is 0.830 bits per heavy atom. The first-order valence-electron chi connectivity index (χ1n) is 16.0. The van der Waals surface area contributed by atoms with Crippen molar-refractivity contribution in [3.05, 3.63) is 174 Å². The van der Waals surface area contributed by atoms with Crippen molar-refractivity contribution in [3.63, 3.8) is 0 Å². The molecule has 3 aliphatic heterocycles. The first-order valence-corrected chi connectivity index (χ1v) is 16.0. The number of anilines is 6. The van der Waals surface area contributed by atoms with Crippen LogP contribution in [0.25, 0.3) is 49.4 Å². The van der Waals surface area contributed by atoms with Gasteiger partial charge in [0.25, 0.3) is 0 Å². The minimum Gasteiger partial charge on any atom is -0.319 e. The Bertz CT molecular complexity index is 2420. The van der Waals surface area contributed by atoms with Gasteiger partial charge in [-0.1, -0.05) is 121 Å². The molecule has 0 aliphatic carbocycles. The quantitative estimate of drug-likeness (QED) is 0.174. The van der Waals surface area contributed by atoms with Gasteiger partial charge in [0, 0.05) is 34.4 Å². The predicted octanol–water partition coefficient (Wildman–Crippen LogP) is 12.4. The van der Waals surface area contributed by atoms with E-state index in [-0.39, 0.29) is 0 Å². The Kier molecular flexibility index (Phi) is 5.41. The molecular formula is C44H27N3. The summed E-state index contributed by atoms with van der Waals surface area (Å²) in [7, 11) is 0. The van der Waals surface area contributed by atoms with Crippen molar-refractivity contribution < 1.29 is 0 Å². The normalized spacial score (nSPS) is 12.9. The average molecular weight is 598 g/mol. The molecular weight excluding hydrogens is 571 g/mol. The van der Waals surface area contributed by atoms with Gasteiger partial charge < -0.3 is 9.80 Å². The summed E-state index contributed by atoms with van der Waals surface area (Å²) in [4.78, 5) is 8.98. The number of rotatable bonds is 1. The highest BCUT2D eigenvalue weighted by Gasteiger charge is 2.34. The van der Waals surface area contributed by atoms with Crippen molar-refractivity contribution in [1.29, 1.82) is 0 Å². The van der Waals surface area contributed by atoms with E-state index in [0.717, 1.165) is 51.5 Å². The molecule has 47 heavy (non-hydrogen) atoms. The molecule has 7 aromatic carbocycles. The number of para-hydroxylation sites is 4. The molecule has 3 nitrogen and oxygen atoms in total. The van der Waals surface area contributed by atoms with Crippen LogP contribution < -0.4 is 9.80 Å². The van der Waals surface area contributed by atoms with Crippen LogP contribution in [-0.2, 0) is 6.42 Å². The van der Waals surface area contributed by atoms with Crippen LogP contribution >= 0.6 is 0 Å². The minimum absolute atomic E-state index is 0.644. The average Bonchev–Trinajstić information content (AvgIpc) is 3.34. The summed E-state index contributed by atoms with van der Waals surface area (Å²) in [5, 5.41) is 0. The molecule has 3 heteroatoms. The van der Waals surface area contributed by atoms with E-state index in [1.165, 1.54) is 44.6 Å². The van der Waals surface area contributed by atoms with Crippen LogP contribution in [-0.4, -0.2) is 0 Å². The van der Waals surface area contributed by atoms with Crippen molar-refractivity contribution >= 4 is 39.8 Å². The zero-order chi connectivity index (χ0) is 31.1. The van der Waals surface area contributed by atoms with Crippen molar-refractivity contribution in [2.45, 2.75) is 6.42 Å². The van der Waals surface area contributed by atoms with Gasteiger partial charge in [-0.15, -0.1) is 0 Å². The molecule has 0 unspecified atom stereocenters. The third-order valence-electron chi connectivity index (χ3n) is 9.95. The van der Waals surface area contributed by atoms with Gasteiger partial charge in [0.2, 0.25) is 5.69 Å². The third kappa shape index (κ3) is 3.61. The Balaban J connectivity index is 1.29. The fourth-order valence-corrected chi connectivity index (χ4v) is 8.00. The second kappa shape index (κ2) is 9.81. The van der Waals surface area contributed by atoms with Gasteiger partial charge in [0.15, 0.2) is 0 Å². The summed E-state index contributed by atoms with van der Waals surface area (Å²) < 4.78 is 0. The zero-order valence-corrected chi connectivity index (χ0v) is 25.5. The summed E-state index contributed by atoms with van der Waals surface area (Å²) in [5.41, 5.74) is 19.2. The summed E-state index contributed by atoms with van der Waals surface area (Å²) in [6.45, 7) is 8.48. The fraction of sp³-hybridized carbons (Fsp3) is 0.0227. The number of hydrogen-bond acceptors (Lipinski definition) is 2. The summed E-state index contributed by atoms with van der Waals surface area (Å²) >= 11 is 0. The molecule has 0 spiro atoms. The monoisotopic (exact) mass is 597 g/mol. The van der Waals surface area contributed by atoms with Crippen molar-refractivity contribution in [2.24, 2.45) is 0 Å². The van der Waals surface area contributed by atoms with E-state index < -0.39 is 0 Å². The highest BCUT2D eigenvalue weighted by molar-refractivity contribution is 6.08. The molecule has 3 aliphatic rings. The van der Waals surface area contributed by atoms with E-state index in [0.29, 0.717) is 5.69 Å². The highest BCUT2D eigenvalue weighted by atomic mass is 15.2. The van der Waals surface area contributed by atoms with Crippen LogP contribution in [0.4, 0.5) is 39.8 Å². The molecule has 7 aromatic rings. The lowest BCUT2D eigenvalue weighted by molar-refractivity contribution is 1.09. The van der Waals surface area contributed by atoms with Crippen molar-refractivity contribution in [2.75, 3.05) is 9.80 Å². The smallest absolute Gasteiger partial charge is 0.211 e. The number of hydrogen-bond donors (Lipinski definition) is 0. The predicted molar refractivity (Wildman–Crippen MR) is 194 cm³/mol. The Morgan fingerprint density at radius 1 is 0.383 bits per heavy atom. The molecule has 0 aromatic heterocycles. The third-order valence-corrected chi connectivity index (χ3v) is 9.95. The summed E-state index contributed by atoms with van der Waals surface area (Å²) in [5.74, 6) is 0. The van der Waals surface area contributed by atoms with E-state index in [2.05, 4.69) is 166 Å². The second-order valence-corrected chi connectivity index (χ2v) is 12.4. The number of benzene rings is 7. The summed E-state index contributed by atoms with van der Waals surface area (Å²) in [6.07, 6.45) is 0.765. The zero-order valence-electron chi connectivity index (χ0n) is 25.5. The largest absolute Gasteiger partial charge is 0.319 e. The first-order chi connectivity index (χ1) is 23.3. The van der Waals surface area contributed by atoms with Crippen LogP contribution in [0.2, 0.25) is 0 Å². The second-order valence-electron chi connectivity index (χ2n) is 12.4. The van der Waals surface area contributed by atoms with Gasteiger partial charge in [-0.3, -0.25) is 0 Å². The molecule has 0 bridgehead atoms. The molecule has 0 radical (unpaired) electrons. The Morgan fingerprint density at radius 3 is 1.36 bits per heavy atom. The van der Waals surface area contributed by atoms with Gasteiger partial charge in [0.1, 0.15) is 0 Å². The lowest BCUT2D eigenvalue weighted by atomic mass is 9.89. The van der Waals surface area contributed by atoms with E-state index in [9.17, 15) is 0 Å². The van der Waals surface area contributed by atoms with Crippen LogP contribution in [0.1, 0.15) is 11.1 Å². The van der Waals surface area contributed by atoms with E-state index in [1.807, 2.05) is 0 Å². The molecule has 0 amide bonds. The lowest BCUT2D eigenvalue weighted by Gasteiger charge is -2.37. The van der Waals surface area contributed by atoms with Gasteiger partial charge >= 0.3 is 0 Å². The molecule has 0 saturated carbocycles. The van der Waals surface area contributed by atoms with E-state index in [1.54, 1.807) is 0 Å². The molecule has 3 heterocycles. The Labute approximate surface area is 274 Å². The van der Waals surface area contributed by atoms with E-state index >= 15 is 0 Å². The maximum absolute atomic E-state index is 8.48. The highest BCUT2D eigenvalue weighted by Crippen LogP contribution is 2.58. The van der Waals surface area contributed by atoms with Gasteiger partial charge in [-0.25, -0.2) is 4.85 Å². The molecule has 218 valence electrons. The fourth-order valence-electron chi connectivity index (χ4n) is 8.00. The molecule has 0 saturated heterocycles. The van der Waals surface area contributed by atoms with Crippen LogP contribution in [0, 0.1) is 6.57 Å². The lowest BCUT2D eigenvalue weighted by Crippen LogP contribution is -2.20. The molecule has 0 fully saturated rings. The van der Waals surface area contributed by atoms with Crippen LogP contribution in [0.15, 0.2) is 152 Å². The van der Waals surface area contributed by atoms with E-state index in [4.69, 9.17) is 6.57 Å². The topological polar surface area (TPSA) is 10.8 Å². The van der Waals surface area contributed by atoms with Crippen molar-refractivity contribution in [1.82, 2.24) is 0 Å². The van der Waals surface area contributed by atoms with Gasteiger partial charge in [-0.2, -0.15) is 0 Å². The first kappa shape index (κ1) is 25.9. The molecule has 0 N–H and O–H groups in total. The minimum atomic E-state index is 0.644. The maximum atomic E-state index is 8.48. The molecule has 10 rings (SSSR count). The van der Waals surface area contributed by atoms with Crippen molar-refractivity contribution in [3.8, 4) is 44.5 Å². The Hall–Kier alpha value is -6.37. The summed E-state index contributed by atoms with van der Waals surface area (Å²) in [6, 6.07) is 54.4. The van der Waals surface area contributed by atoms with Crippen LogP contribution in [0.3, 0.4) is 0 Å². The number of fused-ring (bicyclic) bond motifs is 12. The SMILES string of the molecule is [C-]#[N+]c1cc2c(cc1N1c3ccccc3-c3ccccc3-c3ccccc31)N1c3ccccc3-c3ccccc3-c3cccc(c31)C2. The standard InChI is InChI=1S/C44H27N3/c1-45-38-26-29-25-28-13-12-21-37-33-17-5-4-16-32(33)36-20-8-11-24-41(36)47(44(28)37)42(29)27-43(38)46-39-22-9-6-18-34(39)30-14-2-3-15-31(30)35-19-7-10-23-40(35)46/h2-24,26-27H,25H2. The van der Waals surface area contributed by atoms with Gasteiger partial charge in [0.05, 0.1) is 35.0 Å². The number of nitrogens with zero attached hydrogens (tertiary/aromatic N) is 3. The molecule has 0 atom stereocenters. The van der Waals surface area contributed by atoms with Crippen LogP contribution in [0.5, 0.6) is 0 Å². The maximum Gasteiger partial charge on any atom is 0.211 e.